The molecule has 6 nitrogen and oxygen atoms in total. The van der Waals surface area contributed by atoms with Gasteiger partial charge in [-0.1, -0.05) is 25.1 Å². The minimum atomic E-state index is -0.543. The zero-order valence-electron chi connectivity index (χ0n) is 11.8. The molecule has 6 heteroatoms. The van der Waals surface area contributed by atoms with Gasteiger partial charge in [-0.15, -0.1) is 0 Å². The summed E-state index contributed by atoms with van der Waals surface area (Å²) in [5.41, 5.74) is 0.826. The first-order valence-electron chi connectivity index (χ1n) is 6.56. The van der Waals surface area contributed by atoms with Crippen molar-refractivity contribution >= 4 is 17.6 Å². The molecule has 1 aromatic rings. The highest BCUT2D eigenvalue weighted by atomic mass is 16.3. The quantitative estimate of drug-likeness (QED) is 0.716. The maximum atomic E-state index is 11.8. The molecule has 0 aliphatic carbocycles. The van der Waals surface area contributed by atoms with Gasteiger partial charge in [0.1, 0.15) is 0 Å². The molecule has 1 atom stereocenters. The molecule has 0 saturated heterocycles. The van der Waals surface area contributed by atoms with Gasteiger partial charge in [0.15, 0.2) is 0 Å². The van der Waals surface area contributed by atoms with Crippen LogP contribution in [-0.2, 0) is 4.79 Å². The second-order valence-corrected chi connectivity index (χ2v) is 4.41. The van der Waals surface area contributed by atoms with Gasteiger partial charge in [-0.2, -0.15) is 0 Å². The number of benzene rings is 1. The lowest BCUT2D eigenvalue weighted by Crippen LogP contribution is -2.45. The van der Waals surface area contributed by atoms with Gasteiger partial charge in [0.2, 0.25) is 5.91 Å². The summed E-state index contributed by atoms with van der Waals surface area (Å²) in [5.74, 6) is -0.420. The lowest BCUT2D eigenvalue weighted by Gasteiger charge is -2.26. The minimum Gasteiger partial charge on any atom is -0.391 e. The highest BCUT2D eigenvalue weighted by Gasteiger charge is 2.16. The first-order valence-corrected chi connectivity index (χ1v) is 6.56. The standard InChI is InChI=1S/C14H21N3O3/c1-3-12(18)9-17(11-7-5-4-6-8-11)10-13(19)16-14(20)15-2/h4-8,12,18H,3,9-10H2,1-2H3,(H2,15,16,19,20)/t12-/m1/s1. The average Bonchev–Trinajstić information content (AvgIpc) is 2.47. The minimum absolute atomic E-state index is 0.00843. The lowest BCUT2D eigenvalue weighted by atomic mass is 10.2. The summed E-state index contributed by atoms with van der Waals surface area (Å²) < 4.78 is 0. The van der Waals surface area contributed by atoms with E-state index in [2.05, 4.69) is 10.6 Å². The Morgan fingerprint density at radius 1 is 1.30 bits per heavy atom. The number of para-hydroxylation sites is 1. The number of hydrogen-bond donors (Lipinski definition) is 3. The Balaban J connectivity index is 2.73. The average molecular weight is 279 g/mol. The molecule has 0 aliphatic heterocycles. The van der Waals surface area contributed by atoms with Crippen LogP contribution in [0.25, 0.3) is 0 Å². The van der Waals surface area contributed by atoms with E-state index >= 15 is 0 Å². The summed E-state index contributed by atoms with van der Waals surface area (Å²) in [4.78, 5) is 24.6. The number of rotatable bonds is 6. The monoisotopic (exact) mass is 279 g/mol. The fourth-order valence-corrected chi connectivity index (χ4v) is 1.69. The van der Waals surface area contributed by atoms with E-state index in [0.29, 0.717) is 13.0 Å². The Kier molecular flexibility index (Phi) is 6.52. The number of anilines is 1. The van der Waals surface area contributed by atoms with Crippen molar-refractivity contribution < 1.29 is 14.7 Å². The fourth-order valence-electron chi connectivity index (χ4n) is 1.69. The third-order valence-corrected chi connectivity index (χ3v) is 2.84. The number of carbonyl (C=O) groups is 2. The molecule has 0 fully saturated rings. The number of amides is 3. The van der Waals surface area contributed by atoms with Crippen LogP contribution in [-0.4, -0.2) is 43.3 Å². The van der Waals surface area contributed by atoms with Gasteiger partial charge in [-0.05, 0) is 18.6 Å². The molecular formula is C14H21N3O3. The van der Waals surface area contributed by atoms with Crippen LogP contribution in [0.2, 0.25) is 0 Å². The Labute approximate surface area is 118 Å². The molecule has 1 aromatic carbocycles. The Morgan fingerprint density at radius 3 is 2.50 bits per heavy atom. The first-order chi connectivity index (χ1) is 9.56. The SMILES string of the molecule is CC[C@@H](O)CN(CC(=O)NC(=O)NC)c1ccccc1. The number of hydrogen-bond acceptors (Lipinski definition) is 4. The van der Waals surface area contributed by atoms with Crippen LogP contribution in [0.5, 0.6) is 0 Å². The van der Waals surface area contributed by atoms with Crippen LogP contribution >= 0.6 is 0 Å². The number of nitrogens with zero attached hydrogens (tertiary/aromatic N) is 1. The number of imide groups is 1. The van der Waals surface area contributed by atoms with Crippen molar-refractivity contribution in [3.05, 3.63) is 30.3 Å². The topological polar surface area (TPSA) is 81.7 Å². The summed E-state index contributed by atoms with van der Waals surface area (Å²) in [7, 11) is 1.44. The second-order valence-electron chi connectivity index (χ2n) is 4.41. The lowest BCUT2D eigenvalue weighted by molar-refractivity contribution is -0.118. The van der Waals surface area contributed by atoms with Gasteiger partial charge >= 0.3 is 6.03 Å². The van der Waals surface area contributed by atoms with Crippen molar-refractivity contribution in [2.45, 2.75) is 19.4 Å². The molecular weight excluding hydrogens is 258 g/mol. The van der Waals surface area contributed by atoms with Crippen LogP contribution in [0.3, 0.4) is 0 Å². The van der Waals surface area contributed by atoms with Gasteiger partial charge in [0.05, 0.1) is 12.6 Å². The van der Waals surface area contributed by atoms with Crippen molar-refractivity contribution in [1.29, 1.82) is 0 Å². The molecule has 0 aliphatic rings. The van der Waals surface area contributed by atoms with Crippen LogP contribution < -0.4 is 15.5 Å². The zero-order chi connectivity index (χ0) is 15.0. The van der Waals surface area contributed by atoms with Crippen molar-refractivity contribution in [2.24, 2.45) is 0 Å². The van der Waals surface area contributed by atoms with Crippen molar-refractivity contribution in [2.75, 3.05) is 25.0 Å². The smallest absolute Gasteiger partial charge is 0.321 e. The highest BCUT2D eigenvalue weighted by Crippen LogP contribution is 2.13. The van der Waals surface area contributed by atoms with Gasteiger partial charge < -0.3 is 15.3 Å². The van der Waals surface area contributed by atoms with E-state index in [0.717, 1.165) is 5.69 Å². The molecule has 0 heterocycles. The van der Waals surface area contributed by atoms with E-state index in [1.807, 2.05) is 37.3 Å². The van der Waals surface area contributed by atoms with Crippen LogP contribution in [0.1, 0.15) is 13.3 Å². The summed E-state index contributed by atoms with van der Waals surface area (Å²) in [6.45, 7) is 2.22. The van der Waals surface area contributed by atoms with Gasteiger partial charge in [-0.25, -0.2) is 4.79 Å². The Morgan fingerprint density at radius 2 is 1.95 bits per heavy atom. The number of aliphatic hydroxyl groups excluding tert-OH is 1. The second kappa shape index (κ2) is 8.16. The molecule has 110 valence electrons. The van der Waals surface area contributed by atoms with Crippen LogP contribution in [0.15, 0.2) is 30.3 Å². The van der Waals surface area contributed by atoms with Crippen molar-refractivity contribution in [1.82, 2.24) is 10.6 Å². The summed E-state index contributed by atoms with van der Waals surface area (Å²) in [6, 6.07) is 8.77. The molecule has 3 amide bonds. The number of urea groups is 1. The van der Waals surface area contributed by atoms with E-state index in [9.17, 15) is 14.7 Å². The normalized spacial score (nSPS) is 11.6. The third kappa shape index (κ3) is 5.27. The van der Waals surface area contributed by atoms with E-state index in [1.54, 1.807) is 4.90 Å². The number of nitrogens with one attached hydrogen (secondary N) is 2. The molecule has 0 saturated carbocycles. The van der Waals surface area contributed by atoms with Gasteiger partial charge in [0, 0.05) is 19.3 Å². The predicted molar refractivity (Wildman–Crippen MR) is 77.6 cm³/mol. The van der Waals surface area contributed by atoms with E-state index < -0.39 is 18.0 Å². The highest BCUT2D eigenvalue weighted by molar-refractivity contribution is 5.96. The van der Waals surface area contributed by atoms with Crippen molar-refractivity contribution in [3.63, 3.8) is 0 Å². The Hall–Kier alpha value is -2.08. The molecule has 0 bridgehead atoms. The third-order valence-electron chi connectivity index (χ3n) is 2.84. The van der Waals surface area contributed by atoms with Crippen molar-refractivity contribution in [3.8, 4) is 0 Å². The number of carbonyl (C=O) groups excluding carboxylic acids is 2. The largest absolute Gasteiger partial charge is 0.391 e. The molecule has 20 heavy (non-hydrogen) atoms. The predicted octanol–water partition coefficient (Wildman–Crippen LogP) is 0.719. The maximum Gasteiger partial charge on any atom is 0.321 e. The van der Waals surface area contributed by atoms with Gasteiger partial charge in [-0.3, -0.25) is 10.1 Å². The summed E-state index contributed by atoms with van der Waals surface area (Å²) in [5, 5.41) is 14.3. The van der Waals surface area contributed by atoms with E-state index in [-0.39, 0.29) is 6.54 Å². The molecule has 1 rings (SSSR count). The van der Waals surface area contributed by atoms with Crippen LogP contribution in [0.4, 0.5) is 10.5 Å². The van der Waals surface area contributed by atoms with E-state index in [4.69, 9.17) is 0 Å². The summed E-state index contributed by atoms with van der Waals surface area (Å²) >= 11 is 0. The fraction of sp³-hybridized carbons (Fsp3) is 0.429. The Bertz CT molecular complexity index is 437. The van der Waals surface area contributed by atoms with E-state index in [1.165, 1.54) is 7.05 Å². The maximum absolute atomic E-state index is 11.8. The van der Waals surface area contributed by atoms with Gasteiger partial charge in [0.25, 0.3) is 0 Å². The number of aliphatic hydroxyl groups is 1. The zero-order valence-corrected chi connectivity index (χ0v) is 11.8. The molecule has 0 aromatic heterocycles. The summed E-state index contributed by atoms with van der Waals surface area (Å²) in [6.07, 6.45) is 0.0726. The molecule has 0 radical (unpaired) electrons. The molecule has 0 spiro atoms. The molecule has 3 N–H and O–H groups in total. The van der Waals surface area contributed by atoms with Crippen LogP contribution in [0, 0.1) is 0 Å². The first kappa shape index (κ1) is 16.0. The molecule has 0 unspecified atom stereocenters.